The second-order valence-electron chi connectivity index (χ2n) is 3.06. The van der Waals surface area contributed by atoms with Crippen LogP contribution in [-0.2, 0) is 4.79 Å². The molecule has 0 aliphatic heterocycles. The fraction of sp³-hybridized carbons (Fsp3) is 0.417. The van der Waals surface area contributed by atoms with Crippen molar-refractivity contribution in [2.75, 3.05) is 6.54 Å². The topological polar surface area (TPSA) is 53.3 Å². The molecule has 0 rings (SSSR count). The molecule has 82 valence electrons. The lowest BCUT2D eigenvalue weighted by molar-refractivity contribution is -0.102. The van der Waals surface area contributed by atoms with Crippen LogP contribution in [-0.4, -0.2) is 24.8 Å². The summed E-state index contributed by atoms with van der Waals surface area (Å²) in [6, 6.07) is 0. The van der Waals surface area contributed by atoms with Crippen molar-refractivity contribution in [3.8, 4) is 0 Å². The van der Waals surface area contributed by atoms with Gasteiger partial charge in [-0.25, -0.2) is 0 Å². The number of allylic oxidation sites excluding steroid dienone is 4. The van der Waals surface area contributed by atoms with Crippen LogP contribution in [0.1, 0.15) is 26.7 Å². The third-order valence-electron chi connectivity index (χ3n) is 1.78. The van der Waals surface area contributed by atoms with Crippen molar-refractivity contribution in [1.29, 1.82) is 5.41 Å². The molecule has 0 radical (unpaired) electrons. The molecule has 0 aromatic rings. The molecule has 0 bridgehead atoms. The highest BCUT2D eigenvalue weighted by Gasteiger charge is 1.89. The fourth-order valence-corrected chi connectivity index (χ4v) is 0.909. The molecule has 3 nitrogen and oxygen atoms in total. The molecule has 0 saturated carbocycles. The van der Waals surface area contributed by atoms with Crippen molar-refractivity contribution in [2.45, 2.75) is 26.7 Å². The smallest absolute Gasteiger partial charge is 0.167 e. The normalized spacial score (nSPS) is 12.5. The molecule has 0 atom stereocenters. The Labute approximate surface area is 91.1 Å². The van der Waals surface area contributed by atoms with E-state index >= 15 is 0 Å². The summed E-state index contributed by atoms with van der Waals surface area (Å²) in [6.07, 6.45) is 9.41. The number of hydrogen-bond acceptors (Lipinski definition) is 3. The first-order chi connectivity index (χ1) is 7.24. The lowest BCUT2D eigenvalue weighted by atomic mass is 10.1. The highest BCUT2D eigenvalue weighted by Crippen LogP contribution is 2.01. The van der Waals surface area contributed by atoms with Gasteiger partial charge in [0.15, 0.2) is 6.29 Å². The van der Waals surface area contributed by atoms with Crippen LogP contribution in [0.2, 0.25) is 0 Å². The van der Waals surface area contributed by atoms with Crippen LogP contribution in [0.5, 0.6) is 0 Å². The van der Waals surface area contributed by atoms with Gasteiger partial charge < -0.3 is 0 Å². The molecule has 0 unspecified atom stereocenters. The van der Waals surface area contributed by atoms with Crippen molar-refractivity contribution in [1.82, 2.24) is 0 Å². The Kier molecular flexibility index (Phi) is 8.15. The quantitative estimate of drug-likeness (QED) is 0.388. The van der Waals surface area contributed by atoms with E-state index in [2.05, 4.69) is 11.9 Å². The minimum atomic E-state index is -0.0140. The van der Waals surface area contributed by atoms with E-state index in [0.717, 1.165) is 25.0 Å². The number of aliphatic imine (C=N–C) groups is 1. The molecule has 0 fully saturated rings. The number of carbonyl (C=O) groups is 1. The van der Waals surface area contributed by atoms with Crippen LogP contribution in [0, 0.1) is 5.41 Å². The van der Waals surface area contributed by atoms with Crippen molar-refractivity contribution >= 4 is 18.2 Å². The van der Waals surface area contributed by atoms with E-state index < -0.39 is 0 Å². The van der Waals surface area contributed by atoms with Gasteiger partial charge in [0.2, 0.25) is 0 Å². The van der Waals surface area contributed by atoms with E-state index in [1.165, 1.54) is 6.08 Å². The van der Waals surface area contributed by atoms with Crippen LogP contribution in [0.4, 0.5) is 0 Å². The molecule has 0 aromatic heterocycles. The number of aldehydes is 1. The summed E-state index contributed by atoms with van der Waals surface area (Å²) in [5.74, 6) is 0. The molecule has 0 amide bonds. The number of hydrogen-bond donors (Lipinski definition) is 1. The van der Waals surface area contributed by atoms with E-state index in [4.69, 9.17) is 5.41 Å². The molecule has 0 aliphatic rings. The van der Waals surface area contributed by atoms with Gasteiger partial charge in [-0.05, 0) is 25.0 Å². The summed E-state index contributed by atoms with van der Waals surface area (Å²) in [4.78, 5) is 14.4. The van der Waals surface area contributed by atoms with Crippen LogP contribution in [0.15, 0.2) is 28.8 Å². The van der Waals surface area contributed by atoms with E-state index in [1.807, 2.05) is 19.2 Å². The first-order valence-corrected chi connectivity index (χ1v) is 5.09. The Morgan fingerprint density at radius 3 is 2.67 bits per heavy atom. The van der Waals surface area contributed by atoms with Gasteiger partial charge in [-0.3, -0.25) is 15.2 Å². The maximum atomic E-state index is 10.2. The van der Waals surface area contributed by atoms with Gasteiger partial charge in [-0.15, -0.1) is 0 Å². The van der Waals surface area contributed by atoms with E-state index in [0.29, 0.717) is 6.29 Å². The van der Waals surface area contributed by atoms with Crippen LogP contribution < -0.4 is 0 Å². The molecule has 1 N–H and O–H groups in total. The number of nitrogens with zero attached hydrogens (tertiary/aromatic N) is 1. The monoisotopic (exact) mass is 206 g/mol. The number of rotatable bonds is 7. The summed E-state index contributed by atoms with van der Waals surface area (Å²) >= 11 is 0. The summed E-state index contributed by atoms with van der Waals surface area (Å²) in [5, 5.41) is 7.13. The van der Waals surface area contributed by atoms with Crippen molar-refractivity contribution in [2.24, 2.45) is 4.99 Å². The molecule has 15 heavy (non-hydrogen) atoms. The number of nitrogens with one attached hydrogen (secondary N) is 1. The zero-order chi connectivity index (χ0) is 11.5. The highest BCUT2D eigenvalue weighted by atomic mass is 16.1. The zero-order valence-electron chi connectivity index (χ0n) is 9.36. The van der Waals surface area contributed by atoms with Crippen LogP contribution in [0.3, 0.4) is 0 Å². The first-order valence-electron chi connectivity index (χ1n) is 5.09. The molecule has 3 heteroatoms. The molecular formula is C12H18N2O. The Hall–Kier alpha value is -1.51. The second-order valence-corrected chi connectivity index (χ2v) is 3.06. The largest absolute Gasteiger partial charge is 0.297 e. The van der Waals surface area contributed by atoms with Crippen LogP contribution in [0.25, 0.3) is 0 Å². The lowest BCUT2D eigenvalue weighted by Crippen LogP contribution is -1.91. The predicted molar refractivity (Wildman–Crippen MR) is 65.0 cm³/mol. The molecule has 0 aromatic carbocycles. The molecule has 0 spiro atoms. The van der Waals surface area contributed by atoms with Gasteiger partial charge >= 0.3 is 0 Å². The van der Waals surface area contributed by atoms with Crippen LogP contribution >= 0.6 is 0 Å². The summed E-state index contributed by atoms with van der Waals surface area (Å²) in [5.41, 5.74) is 1.04. The predicted octanol–water partition coefficient (Wildman–Crippen LogP) is 2.58. The Bertz CT molecular complexity index is 288. The fourth-order valence-electron chi connectivity index (χ4n) is 0.909. The minimum absolute atomic E-state index is 0.0140. The number of carbonyl (C=O) groups excluding carboxylic acids is 1. The minimum Gasteiger partial charge on any atom is -0.297 e. The molecular weight excluding hydrogens is 188 g/mol. The SMILES string of the molecule is C/C=C(\C=C\C(=N)C=O)CC=NCCC. The van der Waals surface area contributed by atoms with E-state index in [9.17, 15) is 4.79 Å². The van der Waals surface area contributed by atoms with Gasteiger partial charge in [0, 0.05) is 19.2 Å². The first kappa shape index (κ1) is 13.5. The summed E-state index contributed by atoms with van der Waals surface area (Å²) < 4.78 is 0. The third kappa shape index (κ3) is 7.55. The summed E-state index contributed by atoms with van der Waals surface area (Å²) in [7, 11) is 0. The third-order valence-corrected chi connectivity index (χ3v) is 1.78. The van der Waals surface area contributed by atoms with Gasteiger partial charge in [0.05, 0.1) is 5.71 Å². The highest BCUT2D eigenvalue weighted by molar-refractivity contribution is 6.32. The zero-order valence-corrected chi connectivity index (χ0v) is 9.36. The molecule has 0 heterocycles. The Morgan fingerprint density at radius 1 is 1.40 bits per heavy atom. The second kappa shape index (κ2) is 9.06. The lowest BCUT2D eigenvalue weighted by Gasteiger charge is -1.94. The summed E-state index contributed by atoms with van der Waals surface area (Å²) in [6.45, 7) is 4.86. The Balaban J connectivity index is 4.10. The molecule has 0 saturated heterocycles. The van der Waals surface area contributed by atoms with Gasteiger partial charge in [-0.1, -0.05) is 19.1 Å². The standard InChI is InChI=1S/C12H18N2O/c1-3-8-14-9-7-11(4-2)5-6-12(13)10-15/h4-6,9-10,13H,3,7-8H2,1-2H3/b6-5+,11-4+,13-12?,14-9?. The van der Waals surface area contributed by atoms with Crippen molar-refractivity contribution < 1.29 is 4.79 Å². The molecule has 0 aliphatic carbocycles. The van der Waals surface area contributed by atoms with Crippen molar-refractivity contribution in [3.05, 3.63) is 23.8 Å². The maximum absolute atomic E-state index is 10.2. The Morgan fingerprint density at radius 2 is 2.13 bits per heavy atom. The average molecular weight is 206 g/mol. The van der Waals surface area contributed by atoms with Gasteiger partial charge in [0.25, 0.3) is 0 Å². The van der Waals surface area contributed by atoms with Gasteiger partial charge in [-0.2, -0.15) is 0 Å². The van der Waals surface area contributed by atoms with E-state index in [-0.39, 0.29) is 5.71 Å². The van der Waals surface area contributed by atoms with E-state index in [1.54, 1.807) is 6.08 Å². The maximum Gasteiger partial charge on any atom is 0.167 e. The van der Waals surface area contributed by atoms with Crippen molar-refractivity contribution in [3.63, 3.8) is 0 Å². The average Bonchev–Trinajstić information content (AvgIpc) is 2.27. The van der Waals surface area contributed by atoms with Gasteiger partial charge in [0.1, 0.15) is 0 Å².